The molecule has 0 bridgehead atoms. The second kappa shape index (κ2) is 7.98. The lowest BCUT2D eigenvalue weighted by Gasteiger charge is -2.23. The molecule has 0 saturated carbocycles. The third-order valence-electron chi connectivity index (χ3n) is 5.03. The standard InChI is InChI=1S/C13H11FN6O.C8H8N2/c14-8-2-1-4-15-11(8)12-18-19-13(21-12)20-5-3-9-10(6-20)17-7-16-9;1-7-3-2-4-8-5-6-9-10(7)8/h1-2,4,7H,3,5-6H2,(H,16,17);2-6H,1H3. The van der Waals surface area contributed by atoms with Crippen molar-refractivity contribution in [3.8, 4) is 11.6 Å². The van der Waals surface area contributed by atoms with Crippen LogP contribution in [0.2, 0.25) is 0 Å². The van der Waals surface area contributed by atoms with Crippen molar-refractivity contribution in [2.45, 2.75) is 19.9 Å². The van der Waals surface area contributed by atoms with Crippen LogP contribution >= 0.6 is 0 Å². The third-order valence-corrected chi connectivity index (χ3v) is 5.03. The number of nitrogens with zero attached hydrogens (tertiary/aromatic N) is 7. The molecular weight excluding hydrogens is 399 g/mol. The average molecular weight is 418 g/mol. The molecule has 1 aliphatic rings. The van der Waals surface area contributed by atoms with Gasteiger partial charge in [-0.05, 0) is 37.3 Å². The van der Waals surface area contributed by atoms with Crippen molar-refractivity contribution in [1.82, 2.24) is 34.8 Å². The number of hydrogen-bond acceptors (Lipinski definition) is 7. The molecule has 0 aliphatic carbocycles. The summed E-state index contributed by atoms with van der Waals surface area (Å²) >= 11 is 0. The molecule has 0 unspecified atom stereocenters. The molecule has 10 heteroatoms. The van der Waals surface area contributed by atoms with Crippen molar-refractivity contribution < 1.29 is 8.81 Å². The predicted molar refractivity (Wildman–Crippen MR) is 111 cm³/mol. The highest BCUT2D eigenvalue weighted by Crippen LogP contribution is 2.25. The van der Waals surface area contributed by atoms with Gasteiger partial charge in [0.25, 0.3) is 5.89 Å². The maximum absolute atomic E-state index is 13.7. The summed E-state index contributed by atoms with van der Waals surface area (Å²) in [7, 11) is 0. The summed E-state index contributed by atoms with van der Waals surface area (Å²) in [5, 5.41) is 12.0. The minimum atomic E-state index is -0.484. The number of fused-ring (bicyclic) bond motifs is 2. The topological polar surface area (TPSA) is 101 Å². The zero-order chi connectivity index (χ0) is 21.2. The van der Waals surface area contributed by atoms with E-state index in [0.29, 0.717) is 12.6 Å². The highest BCUT2D eigenvalue weighted by atomic mass is 19.1. The fourth-order valence-electron chi connectivity index (χ4n) is 3.45. The Labute approximate surface area is 176 Å². The van der Waals surface area contributed by atoms with Crippen molar-refractivity contribution in [2.24, 2.45) is 0 Å². The fraction of sp³-hybridized carbons (Fsp3) is 0.190. The number of aromatic nitrogens is 7. The van der Waals surface area contributed by atoms with Gasteiger partial charge in [0.2, 0.25) is 0 Å². The maximum Gasteiger partial charge on any atom is 0.318 e. The Bertz CT molecular complexity index is 1320. The van der Waals surface area contributed by atoms with Crippen LogP contribution in [0.1, 0.15) is 17.1 Å². The second-order valence-electron chi connectivity index (χ2n) is 7.06. The average Bonchev–Trinajstić information content (AvgIpc) is 3.54. The van der Waals surface area contributed by atoms with E-state index in [-0.39, 0.29) is 11.6 Å². The van der Waals surface area contributed by atoms with Crippen LogP contribution in [0, 0.1) is 12.7 Å². The van der Waals surface area contributed by atoms with Crippen molar-refractivity contribution in [3.63, 3.8) is 0 Å². The number of pyridine rings is 2. The molecule has 0 fully saturated rings. The molecule has 0 radical (unpaired) electrons. The lowest BCUT2D eigenvalue weighted by Crippen LogP contribution is -2.30. The highest BCUT2D eigenvalue weighted by molar-refractivity contribution is 5.48. The number of imidazole rings is 1. The number of hydrogen-bond donors (Lipinski definition) is 1. The normalized spacial score (nSPS) is 13.0. The Balaban J connectivity index is 0.000000171. The molecule has 0 aromatic carbocycles. The van der Waals surface area contributed by atoms with E-state index >= 15 is 0 Å². The van der Waals surface area contributed by atoms with E-state index in [1.54, 1.807) is 6.33 Å². The SMILES string of the molecule is Cc1cccc2ccnn12.Fc1cccnc1-c1nnc(N2CCc3nc[nH]c3C2)o1. The molecule has 0 saturated heterocycles. The monoisotopic (exact) mass is 418 g/mol. The summed E-state index contributed by atoms with van der Waals surface area (Å²) in [5.41, 5.74) is 4.48. The van der Waals surface area contributed by atoms with Gasteiger partial charge in [-0.1, -0.05) is 11.2 Å². The van der Waals surface area contributed by atoms with E-state index in [9.17, 15) is 4.39 Å². The van der Waals surface area contributed by atoms with Crippen LogP contribution in [0.15, 0.2) is 59.5 Å². The summed E-state index contributed by atoms with van der Waals surface area (Å²) in [6.45, 7) is 3.38. The lowest BCUT2D eigenvalue weighted by molar-refractivity contribution is 0.523. The van der Waals surface area contributed by atoms with Gasteiger partial charge in [-0.2, -0.15) is 5.10 Å². The van der Waals surface area contributed by atoms with E-state index in [4.69, 9.17) is 4.42 Å². The lowest BCUT2D eigenvalue weighted by atomic mass is 10.1. The number of aryl methyl sites for hydroxylation is 1. The Morgan fingerprint density at radius 1 is 1.06 bits per heavy atom. The van der Waals surface area contributed by atoms with Crippen LogP contribution in [0.25, 0.3) is 17.1 Å². The van der Waals surface area contributed by atoms with Crippen LogP contribution < -0.4 is 4.90 Å². The zero-order valence-corrected chi connectivity index (χ0v) is 16.7. The van der Waals surface area contributed by atoms with E-state index < -0.39 is 5.82 Å². The molecule has 0 amide bonds. The highest BCUT2D eigenvalue weighted by Gasteiger charge is 2.23. The maximum atomic E-state index is 13.7. The Morgan fingerprint density at radius 2 is 2.00 bits per heavy atom. The first-order valence-electron chi connectivity index (χ1n) is 9.79. The number of halogens is 1. The first-order valence-corrected chi connectivity index (χ1v) is 9.79. The van der Waals surface area contributed by atoms with Crippen LogP contribution in [0.5, 0.6) is 0 Å². The second-order valence-corrected chi connectivity index (χ2v) is 7.06. The van der Waals surface area contributed by atoms with Gasteiger partial charge < -0.3 is 14.3 Å². The van der Waals surface area contributed by atoms with E-state index in [1.165, 1.54) is 24.0 Å². The molecule has 1 aliphatic heterocycles. The van der Waals surface area contributed by atoms with Crippen molar-refractivity contribution >= 4 is 11.5 Å². The van der Waals surface area contributed by atoms with Crippen LogP contribution in [-0.4, -0.2) is 41.3 Å². The number of rotatable bonds is 2. The Morgan fingerprint density at radius 3 is 2.87 bits per heavy atom. The predicted octanol–water partition coefficient (Wildman–Crippen LogP) is 3.20. The van der Waals surface area contributed by atoms with E-state index in [0.717, 1.165) is 29.9 Å². The summed E-state index contributed by atoms with van der Waals surface area (Å²) in [6.07, 6.45) is 5.77. The van der Waals surface area contributed by atoms with Gasteiger partial charge in [0, 0.05) is 31.1 Å². The third kappa shape index (κ3) is 3.75. The fourth-order valence-corrected chi connectivity index (χ4v) is 3.45. The number of H-pyrrole nitrogens is 1. The van der Waals surface area contributed by atoms with Crippen molar-refractivity contribution in [1.29, 1.82) is 0 Å². The smallest absolute Gasteiger partial charge is 0.318 e. The molecule has 6 heterocycles. The first kappa shape index (κ1) is 18.9. The van der Waals surface area contributed by atoms with E-state index in [1.807, 2.05) is 46.8 Å². The molecule has 156 valence electrons. The molecule has 0 atom stereocenters. The zero-order valence-electron chi connectivity index (χ0n) is 16.7. The Hall–Kier alpha value is -4.08. The Kier molecular flexibility index (Phi) is 4.87. The molecular formula is C21H19FN8O. The van der Waals surface area contributed by atoms with Crippen LogP contribution in [-0.2, 0) is 13.0 Å². The molecule has 5 aromatic rings. The molecule has 0 spiro atoms. The van der Waals surface area contributed by atoms with Gasteiger partial charge in [-0.15, -0.1) is 5.10 Å². The van der Waals surface area contributed by atoms with Gasteiger partial charge in [0.05, 0.1) is 29.8 Å². The van der Waals surface area contributed by atoms with Gasteiger partial charge in [-0.25, -0.2) is 18.9 Å². The quantitative estimate of drug-likeness (QED) is 0.470. The van der Waals surface area contributed by atoms with Gasteiger partial charge in [0.1, 0.15) is 0 Å². The summed E-state index contributed by atoms with van der Waals surface area (Å²) in [6, 6.07) is 11.3. The molecule has 5 aromatic heterocycles. The number of anilines is 1. The molecule has 6 rings (SSSR count). The molecule has 1 N–H and O–H groups in total. The van der Waals surface area contributed by atoms with Gasteiger partial charge in [-0.3, -0.25) is 0 Å². The largest absolute Gasteiger partial charge is 0.401 e. The number of aromatic amines is 1. The minimum Gasteiger partial charge on any atom is -0.401 e. The van der Waals surface area contributed by atoms with Gasteiger partial charge in [0.15, 0.2) is 11.5 Å². The number of nitrogens with one attached hydrogen (secondary N) is 1. The molecule has 31 heavy (non-hydrogen) atoms. The summed E-state index contributed by atoms with van der Waals surface area (Å²) < 4.78 is 21.1. The summed E-state index contributed by atoms with van der Waals surface area (Å²) in [4.78, 5) is 13.2. The van der Waals surface area contributed by atoms with Crippen LogP contribution in [0.3, 0.4) is 0 Å². The van der Waals surface area contributed by atoms with Crippen LogP contribution in [0.4, 0.5) is 10.4 Å². The summed E-state index contributed by atoms with van der Waals surface area (Å²) in [5.74, 6) is -0.402. The van der Waals surface area contributed by atoms with E-state index in [2.05, 4.69) is 30.2 Å². The van der Waals surface area contributed by atoms with Gasteiger partial charge >= 0.3 is 6.01 Å². The van der Waals surface area contributed by atoms with Crippen molar-refractivity contribution in [2.75, 3.05) is 11.4 Å². The first-order chi connectivity index (χ1) is 15.2. The molecule has 9 nitrogen and oxygen atoms in total. The minimum absolute atomic E-state index is 0.0653. The van der Waals surface area contributed by atoms with Crippen molar-refractivity contribution in [3.05, 3.63) is 78.0 Å².